The van der Waals surface area contributed by atoms with E-state index in [1.54, 1.807) is 6.08 Å². The Bertz CT molecular complexity index is 465. The molecule has 0 saturated carbocycles. The average molecular weight is 272 g/mol. The minimum absolute atomic E-state index is 0.390. The van der Waals surface area contributed by atoms with E-state index in [9.17, 15) is 4.79 Å². The van der Waals surface area contributed by atoms with Gasteiger partial charge in [-0.1, -0.05) is 24.3 Å². The summed E-state index contributed by atoms with van der Waals surface area (Å²) < 4.78 is 0. The van der Waals surface area contributed by atoms with Crippen LogP contribution >= 0.6 is 22.9 Å². The molecule has 0 saturated heterocycles. The van der Waals surface area contributed by atoms with Crippen molar-refractivity contribution in [1.82, 2.24) is 4.98 Å². The molecule has 17 heavy (non-hydrogen) atoms. The smallest absolute Gasteiger partial charge is 0.254 e. The van der Waals surface area contributed by atoms with Crippen molar-refractivity contribution in [1.29, 1.82) is 0 Å². The molecule has 1 aromatic rings. The summed E-state index contributed by atoms with van der Waals surface area (Å²) in [6.07, 6.45) is 2.46. The fourth-order valence-corrected chi connectivity index (χ4v) is 2.23. The lowest BCUT2D eigenvalue weighted by Gasteiger charge is -2.05. The molecule has 6 heteroatoms. The number of carbonyl (C=O) groups excluding carboxylic acids is 1. The van der Waals surface area contributed by atoms with E-state index in [1.807, 2.05) is 25.9 Å². The summed E-state index contributed by atoms with van der Waals surface area (Å²) >= 11 is 6.93. The first-order valence-corrected chi connectivity index (χ1v) is 6.25. The number of aromatic nitrogens is 1. The Morgan fingerprint density at radius 1 is 1.65 bits per heavy atom. The molecular formula is C11H14ClN3OS. The van der Waals surface area contributed by atoms with Crippen molar-refractivity contribution in [3.8, 4) is 0 Å². The molecule has 1 heterocycles. The number of thiazole rings is 1. The van der Waals surface area contributed by atoms with Crippen molar-refractivity contribution >= 4 is 50.6 Å². The largest absolute Gasteiger partial charge is 0.354 e. The van der Waals surface area contributed by atoms with E-state index in [0.29, 0.717) is 22.7 Å². The second-order valence-corrected chi connectivity index (χ2v) is 4.80. The maximum atomic E-state index is 11.4. The van der Waals surface area contributed by atoms with Crippen molar-refractivity contribution in [3.05, 3.63) is 11.8 Å². The highest BCUT2D eigenvalue weighted by Gasteiger charge is 2.19. The molecular weight excluding hydrogens is 258 g/mol. The quantitative estimate of drug-likeness (QED) is 0.470. The van der Waals surface area contributed by atoms with Gasteiger partial charge in [0.15, 0.2) is 5.13 Å². The predicted octanol–water partition coefficient (Wildman–Crippen LogP) is 3.10. The predicted molar refractivity (Wildman–Crippen MR) is 74.8 cm³/mol. The van der Waals surface area contributed by atoms with Gasteiger partial charge in [0.05, 0.1) is 5.57 Å². The summed E-state index contributed by atoms with van der Waals surface area (Å²) in [5.74, 6) is 0. The molecule has 0 spiro atoms. The average Bonchev–Trinajstić information content (AvgIpc) is 2.69. The normalized spacial score (nSPS) is 11.4. The first kappa shape index (κ1) is 13.9. The molecule has 0 aliphatic rings. The van der Waals surface area contributed by atoms with Crippen LogP contribution in [0.5, 0.6) is 0 Å². The number of halogens is 1. The van der Waals surface area contributed by atoms with E-state index in [-0.39, 0.29) is 0 Å². The van der Waals surface area contributed by atoms with Crippen LogP contribution in [0, 0.1) is 0 Å². The molecule has 0 aliphatic carbocycles. The Morgan fingerprint density at radius 3 is 2.71 bits per heavy atom. The van der Waals surface area contributed by atoms with Gasteiger partial charge in [0.1, 0.15) is 10.7 Å². The van der Waals surface area contributed by atoms with Gasteiger partial charge in [0.2, 0.25) is 0 Å². The topological polar surface area (TPSA) is 45.6 Å². The number of nitrogens with zero attached hydrogens (tertiary/aromatic N) is 3. The van der Waals surface area contributed by atoms with Gasteiger partial charge in [-0.05, 0) is 24.7 Å². The third-order valence-electron chi connectivity index (χ3n) is 2.00. The molecule has 0 aromatic carbocycles. The molecule has 0 radical (unpaired) electrons. The van der Waals surface area contributed by atoms with Gasteiger partial charge in [-0.2, -0.15) is 0 Å². The van der Waals surface area contributed by atoms with E-state index in [4.69, 9.17) is 11.6 Å². The lowest BCUT2D eigenvalue weighted by Crippen LogP contribution is -2.08. The monoisotopic (exact) mass is 271 g/mol. The van der Waals surface area contributed by atoms with Crippen LogP contribution in [0.3, 0.4) is 0 Å². The summed E-state index contributed by atoms with van der Waals surface area (Å²) in [5.41, 5.74) is 0.900. The van der Waals surface area contributed by atoms with Crippen LogP contribution in [0.1, 0.15) is 19.0 Å². The number of hydrogen-bond acceptors (Lipinski definition) is 5. The Labute approximate surface area is 110 Å². The van der Waals surface area contributed by atoms with Crippen LogP contribution < -0.4 is 4.90 Å². The third-order valence-corrected chi connectivity index (χ3v) is 3.36. The summed E-state index contributed by atoms with van der Waals surface area (Å²) in [6.45, 7) is 5.42. The van der Waals surface area contributed by atoms with Crippen LogP contribution in [0.25, 0.3) is 5.57 Å². The van der Waals surface area contributed by atoms with Crippen LogP contribution in [0.15, 0.2) is 11.1 Å². The number of rotatable bonds is 5. The van der Waals surface area contributed by atoms with E-state index in [0.717, 1.165) is 5.13 Å². The van der Waals surface area contributed by atoms with Crippen molar-refractivity contribution in [3.63, 3.8) is 0 Å². The van der Waals surface area contributed by atoms with Gasteiger partial charge in [-0.15, -0.1) is 0 Å². The van der Waals surface area contributed by atoms with Crippen molar-refractivity contribution in [2.75, 3.05) is 19.0 Å². The molecule has 0 atom stereocenters. The van der Waals surface area contributed by atoms with Crippen LogP contribution in [0.2, 0.25) is 0 Å². The standard InChI is InChI=1S/C11H14ClN3OS/c1-5-6-7(9(12)16)8-10(13-2)17-11(14-8)15(3)4/h6H,2,5H2,1,3-4H3. The Balaban J connectivity index is 3.32. The molecule has 92 valence electrons. The Kier molecular flexibility index (Phi) is 4.84. The van der Waals surface area contributed by atoms with Gasteiger partial charge in [-0.25, -0.2) is 4.98 Å². The highest BCUT2D eigenvalue weighted by Crippen LogP contribution is 2.37. The third kappa shape index (κ3) is 3.14. The minimum atomic E-state index is -0.521. The maximum Gasteiger partial charge on any atom is 0.254 e. The van der Waals surface area contributed by atoms with Crippen LogP contribution in [-0.2, 0) is 4.79 Å². The fourth-order valence-electron chi connectivity index (χ4n) is 1.25. The lowest BCUT2D eigenvalue weighted by atomic mass is 10.2. The number of hydrogen-bond donors (Lipinski definition) is 0. The molecule has 0 aliphatic heterocycles. The first-order valence-electron chi connectivity index (χ1n) is 5.06. The van der Waals surface area contributed by atoms with E-state index in [1.165, 1.54) is 11.3 Å². The summed E-state index contributed by atoms with van der Waals surface area (Å²) in [6, 6.07) is 0. The van der Waals surface area contributed by atoms with Crippen molar-refractivity contribution < 1.29 is 4.79 Å². The highest BCUT2D eigenvalue weighted by molar-refractivity contribution is 7.19. The van der Waals surface area contributed by atoms with Gasteiger partial charge in [0, 0.05) is 14.1 Å². The minimum Gasteiger partial charge on any atom is -0.354 e. The summed E-state index contributed by atoms with van der Waals surface area (Å²) in [5, 5.41) is 0.858. The Morgan fingerprint density at radius 2 is 2.29 bits per heavy atom. The highest BCUT2D eigenvalue weighted by atomic mass is 35.5. The zero-order valence-corrected chi connectivity index (χ0v) is 11.6. The fraction of sp³-hybridized carbons (Fsp3) is 0.364. The number of carbonyl (C=O) groups is 1. The molecule has 1 rings (SSSR count). The molecule has 0 N–H and O–H groups in total. The number of anilines is 1. The van der Waals surface area contributed by atoms with Crippen molar-refractivity contribution in [2.45, 2.75) is 13.3 Å². The first-order chi connectivity index (χ1) is 8.01. The molecule has 4 nitrogen and oxygen atoms in total. The summed E-state index contributed by atoms with van der Waals surface area (Å²) in [4.78, 5) is 21.5. The molecule has 0 fully saturated rings. The zero-order valence-electron chi connectivity index (χ0n) is 10.0. The van der Waals surface area contributed by atoms with Crippen LogP contribution in [-0.4, -0.2) is 31.0 Å². The van der Waals surface area contributed by atoms with Crippen molar-refractivity contribution in [2.24, 2.45) is 4.99 Å². The SMILES string of the molecule is C=Nc1sc(N(C)C)nc1C(=CCC)C(=O)Cl. The van der Waals surface area contributed by atoms with E-state index >= 15 is 0 Å². The zero-order chi connectivity index (χ0) is 13.0. The second-order valence-electron chi connectivity index (χ2n) is 3.50. The molecule has 0 amide bonds. The van der Waals surface area contributed by atoms with E-state index < -0.39 is 5.24 Å². The number of allylic oxidation sites excluding steroid dienone is 2. The Hall–Kier alpha value is -1.20. The number of aliphatic imine (C=N–C) groups is 1. The molecule has 1 aromatic heterocycles. The lowest BCUT2D eigenvalue weighted by molar-refractivity contribution is -0.106. The van der Waals surface area contributed by atoms with Gasteiger partial charge in [-0.3, -0.25) is 9.79 Å². The van der Waals surface area contributed by atoms with Gasteiger partial charge in [0.25, 0.3) is 5.24 Å². The van der Waals surface area contributed by atoms with Gasteiger partial charge >= 0.3 is 0 Å². The summed E-state index contributed by atoms with van der Waals surface area (Å²) in [7, 11) is 3.75. The molecule has 0 bridgehead atoms. The molecule has 0 unspecified atom stereocenters. The van der Waals surface area contributed by atoms with Gasteiger partial charge < -0.3 is 4.90 Å². The van der Waals surface area contributed by atoms with Crippen LogP contribution in [0.4, 0.5) is 10.1 Å². The second kappa shape index (κ2) is 5.93. The van der Waals surface area contributed by atoms with E-state index in [2.05, 4.69) is 16.7 Å². The maximum absolute atomic E-state index is 11.4.